The van der Waals surface area contributed by atoms with Crippen molar-refractivity contribution in [1.82, 2.24) is 20.1 Å². The topological polar surface area (TPSA) is 72.3 Å². The molecule has 0 radical (unpaired) electrons. The number of ether oxygens (including phenoxy) is 1. The molecule has 0 spiro atoms. The second kappa shape index (κ2) is 8.00. The van der Waals surface area contributed by atoms with Crippen molar-refractivity contribution in [2.24, 2.45) is 0 Å². The van der Waals surface area contributed by atoms with E-state index in [0.29, 0.717) is 6.61 Å². The minimum Gasteiger partial charge on any atom is -0.368 e. The predicted octanol–water partition coefficient (Wildman–Crippen LogP) is 3.36. The van der Waals surface area contributed by atoms with Gasteiger partial charge in [-0.05, 0) is 51.7 Å². The summed E-state index contributed by atoms with van der Waals surface area (Å²) in [5, 5.41) is 8.92. The zero-order valence-corrected chi connectivity index (χ0v) is 18.2. The second-order valence-electron chi connectivity index (χ2n) is 8.25. The molecule has 1 atom stereocenters. The monoisotopic (exact) mass is 425 g/mol. The third-order valence-corrected chi connectivity index (χ3v) is 7.20. The van der Waals surface area contributed by atoms with Crippen LogP contribution in [0.4, 0.5) is 5.13 Å². The van der Waals surface area contributed by atoms with Gasteiger partial charge in [-0.2, -0.15) is 10.1 Å². The van der Waals surface area contributed by atoms with E-state index in [4.69, 9.17) is 14.8 Å². The van der Waals surface area contributed by atoms with E-state index in [9.17, 15) is 4.79 Å². The zero-order chi connectivity index (χ0) is 20.7. The molecule has 158 valence electrons. The van der Waals surface area contributed by atoms with Crippen LogP contribution >= 0.6 is 11.3 Å². The van der Waals surface area contributed by atoms with Crippen LogP contribution in [-0.4, -0.2) is 52.5 Å². The molecule has 0 bridgehead atoms. The molecular formula is C22H27N5O2S. The van der Waals surface area contributed by atoms with E-state index in [1.807, 2.05) is 11.6 Å². The molecule has 2 saturated heterocycles. The average Bonchev–Trinajstić information content (AvgIpc) is 3.48. The summed E-state index contributed by atoms with van der Waals surface area (Å²) in [6.45, 7) is 6.62. The number of nitrogens with zero attached hydrogens (tertiary/aromatic N) is 4. The molecule has 2 aliphatic rings. The summed E-state index contributed by atoms with van der Waals surface area (Å²) in [6.07, 6.45) is 3.43. The van der Waals surface area contributed by atoms with Crippen LogP contribution < -0.4 is 10.2 Å². The van der Waals surface area contributed by atoms with E-state index in [2.05, 4.69) is 41.4 Å². The number of aromatic nitrogens is 3. The maximum Gasteiger partial charge on any atom is 0.249 e. The lowest BCUT2D eigenvalue weighted by atomic mass is 10.0. The van der Waals surface area contributed by atoms with Gasteiger partial charge in [0.25, 0.3) is 0 Å². The quantitative estimate of drug-likeness (QED) is 0.694. The molecule has 0 aliphatic carbocycles. The number of carbonyl (C=O) groups excluding carboxylic acids is 1. The van der Waals surface area contributed by atoms with Gasteiger partial charge in [-0.3, -0.25) is 4.79 Å². The summed E-state index contributed by atoms with van der Waals surface area (Å²) in [7, 11) is 0. The molecule has 1 unspecified atom stereocenters. The average molecular weight is 426 g/mol. The molecular weight excluding hydrogens is 398 g/mol. The molecule has 4 heterocycles. The van der Waals surface area contributed by atoms with Crippen LogP contribution in [0.1, 0.15) is 36.9 Å². The van der Waals surface area contributed by atoms with Crippen LogP contribution in [0.25, 0.3) is 16.0 Å². The molecule has 1 amide bonds. The van der Waals surface area contributed by atoms with E-state index in [0.717, 1.165) is 65.6 Å². The van der Waals surface area contributed by atoms with Crippen molar-refractivity contribution in [3.05, 3.63) is 35.5 Å². The van der Waals surface area contributed by atoms with Gasteiger partial charge in [-0.25, -0.2) is 4.68 Å². The summed E-state index contributed by atoms with van der Waals surface area (Å²) < 4.78 is 8.58. The van der Waals surface area contributed by atoms with Crippen LogP contribution in [0, 0.1) is 13.8 Å². The number of rotatable bonds is 4. The number of anilines is 1. The summed E-state index contributed by atoms with van der Waals surface area (Å²) in [4.78, 5) is 19.6. The zero-order valence-electron chi connectivity index (χ0n) is 17.4. The number of aryl methyl sites for hydroxylation is 2. The Morgan fingerprint density at radius 2 is 1.93 bits per heavy atom. The number of benzene rings is 1. The lowest BCUT2D eigenvalue weighted by Crippen LogP contribution is -2.47. The van der Waals surface area contributed by atoms with Gasteiger partial charge >= 0.3 is 0 Å². The van der Waals surface area contributed by atoms with Gasteiger partial charge in [0.1, 0.15) is 6.10 Å². The van der Waals surface area contributed by atoms with Crippen LogP contribution in [0.3, 0.4) is 0 Å². The second-order valence-corrected chi connectivity index (χ2v) is 9.23. The Morgan fingerprint density at radius 1 is 1.17 bits per heavy atom. The lowest BCUT2D eigenvalue weighted by molar-refractivity contribution is -0.130. The Morgan fingerprint density at radius 3 is 2.63 bits per heavy atom. The number of piperidine rings is 1. The fourth-order valence-corrected chi connectivity index (χ4v) is 5.26. The van der Waals surface area contributed by atoms with E-state index >= 15 is 0 Å². The Labute approximate surface area is 180 Å². The highest BCUT2D eigenvalue weighted by molar-refractivity contribution is 7.22. The van der Waals surface area contributed by atoms with Gasteiger partial charge in [-0.1, -0.05) is 29.0 Å². The van der Waals surface area contributed by atoms with Gasteiger partial charge in [0.2, 0.25) is 5.91 Å². The molecule has 2 aliphatic heterocycles. The van der Waals surface area contributed by atoms with E-state index < -0.39 is 0 Å². The Kier molecular flexibility index (Phi) is 5.20. The van der Waals surface area contributed by atoms with Gasteiger partial charge < -0.3 is 15.0 Å². The minimum atomic E-state index is -0.250. The Bertz CT molecular complexity index is 1040. The fourth-order valence-electron chi connectivity index (χ4n) is 4.22. The van der Waals surface area contributed by atoms with E-state index in [1.54, 1.807) is 11.3 Å². The predicted molar refractivity (Wildman–Crippen MR) is 119 cm³/mol. The first kappa shape index (κ1) is 19.5. The number of nitrogens with one attached hydrogen (secondary N) is 1. The number of carbonyl (C=O) groups is 1. The minimum absolute atomic E-state index is 0.0553. The molecule has 3 aromatic rings. The van der Waals surface area contributed by atoms with E-state index in [-0.39, 0.29) is 18.1 Å². The van der Waals surface area contributed by atoms with Crippen LogP contribution in [0.5, 0.6) is 0 Å². The molecule has 2 fully saturated rings. The van der Waals surface area contributed by atoms with Crippen LogP contribution in [0.15, 0.2) is 24.3 Å². The van der Waals surface area contributed by atoms with Crippen molar-refractivity contribution in [3.8, 4) is 5.69 Å². The molecule has 1 aromatic carbocycles. The number of amides is 1. The molecule has 2 aromatic heterocycles. The molecule has 5 rings (SSSR count). The third-order valence-electron chi connectivity index (χ3n) is 5.99. The summed E-state index contributed by atoms with van der Waals surface area (Å²) in [6, 6.07) is 8.59. The normalized spacial score (nSPS) is 20.2. The molecule has 8 heteroatoms. The first-order valence-electron chi connectivity index (χ1n) is 10.7. The molecule has 7 nitrogen and oxygen atoms in total. The largest absolute Gasteiger partial charge is 0.368 e. The van der Waals surface area contributed by atoms with Crippen LogP contribution in [-0.2, 0) is 9.53 Å². The van der Waals surface area contributed by atoms with Gasteiger partial charge in [0.05, 0.1) is 16.1 Å². The first-order chi connectivity index (χ1) is 14.6. The van der Waals surface area contributed by atoms with Crippen molar-refractivity contribution < 1.29 is 9.53 Å². The molecule has 0 saturated carbocycles. The van der Waals surface area contributed by atoms with Crippen LogP contribution in [0.2, 0.25) is 0 Å². The van der Waals surface area contributed by atoms with Crippen molar-refractivity contribution in [3.63, 3.8) is 0 Å². The summed E-state index contributed by atoms with van der Waals surface area (Å²) in [5.74, 6) is 0.0553. The fraction of sp³-hybridized carbons (Fsp3) is 0.500. The highest BCUT2D eigenvalue weighted by Gasteiger charge is 2.28. The maximum atomic E-state index is 12.3. The highest BCUT2D eigenvalue weighted by atomic mass is 32.1. The van der Waals surface area contributed by atoms with E-state index in [1.165, 1.54) is 5.56 Å². The van der Waals surface area contributed by atoms with Gasteiger partial charge in [0, 0.05) is 25.7 Å². The molecule has 30 heavy (non-hydrogen) atoms. The number of hydrogen-bond donors (Lipinski definition) is 1. The van der Waals surface area contributed by atoms with Crippen molar-refractivity contribution >= 4 is 32.7 Å². The smallest absolute Gasteiger partial charge is 0.249 e. The summed E-state index contributed by atoms with van der Waals surface area (Å²) in [5.41, 5.74) is 4.19. The number of fused-ring (bicyclic) bond motifs is 1. The van der Waals surface area contributed by atoms with Crippen molar-refractivity contribution in [2.45, 2.75) is 51.7 Å². The molecule has 1 N–H and O–H groups in total. The SMILES string of the molecule is Cc1ccc(-n2nc(C)c3sc(N4CCC(NC(=O)C5CCCO5)CC4)nc32)cc1. The Balaban J connectivity index is 1.28. The maximum absolute atomic E-state index is 12.3. The van der Waals surface area contributed by atoms with Crippen molar-refractivity contribution in [1.29, 1.82) is 0 Å². The third kappa shape index (κ3) is 3.70. The lowest BCUT2D eigenvalue weighted by Gasteiger charge is -2.32. The first-order valence-corrected chi connectivity index (χ1v) is 11.5. The number of thiazole rings is 1. The number of hydrogen-bond acceptors (Lipinski definition) is 6. The van der Waals surface area contributed by atoms with Gasteiger partial charge in [0.15, 0.2) is 10.8 Å². The summed E-state index contributed by atoms with van der Waals surface area (Å²) >= 11 is 1.71. The van der Waals surface area contributed by atoms with Gasteiger partial charge in [-0.15, -0.1) is 0 Å². The Hall–Kier alpha value is -2.45. The van der Waals surface area contributed by atoms with Crippen molar-refractivity contribution in [2.75, 3.05) is 24.6 Å². The standard InChI is InChI=1S/C22H27N5O2S/c1-14-5-7-17(8-6-14)27-20-19(15(2)25-27)30-22(24-20)26-11-9-16(10-12-26)23-21(28)18-4-3-13-29-18/h5-8,16,18H,3-4,9-13H2,1-2H3,(H,23,28). The highest BCUT2D eigenvalue weighted by Crippen LogP contribution is 2.33.